The number of aromatic nitrogens is 2. The Kier molecular flexibility index (Phi) is 4.34. The average molecular weight is 362 g/mol. The minimum absolute atomic E-state index is 0.147. The number of nitrogens with zero attached hydrogens (tertiary/aromatic N) is 3. The van der Waals surface area contributed by atoms with Gasteiger partial charge in [-0.05, 0) is 48.0 Å². The van der Waals surface area contributed by atoms with E-state index in [4.69, 9.17) is 0 Å². The highest BCUT2D eigenvalue weighted by Gasteiger charge is 2.24. The highest BCUT2D eigenvalue weighted by molar-refractivity contribution is 8.18. The molecule has 5 nitrogen and oxygen atoms in total. The summed E-state index contributed by atoms with van der Waals surface area (Å²) in [5.74, 6) is 0.600. The Balaban J connectivity index is 1.61. The number of carbonyl (C=O) groups is 1. The van der Waals surface area contributed by atoms with E-state index >= 15 is 0 Å². The van der Waals surface area contributed by atoms with Gasteiger partial charge in [0.1, 0.15) is 5.82 Å². The van der Waals surface area contributed by atoms with Gasteiger partial charge in [0.05, 0.1) is 21.6 Å². The summed E-state index contributed by atoms with van der Waals surface area (Å²) in [5.41, 5.74) is 4.04. The van der Waals surface area contributed by atoms with Crippen LogP contribution >= 0.6 is 11.8 Å². The topological polar surface area (TPSA) is 59.3 Å². The smallest absolute Gasteiger partial charge is 0.264 e. The van der Waals surface area contributed by atoms with Crippen LogP contribution in [0.2, 0.25) is 0 Å². The summed E-state index contributed by atoms with van der Waals surface area (Å²) < 4.78 is 1.98. The number of aryl methyl sites for hydroxylation is 2. The molecule has 1 aliphatic heterocycles. The molecule has 0 aliphatic carbocycles. The molecule has 0 saturated carbocycles. The van der Waals surface area contributed by atoms with E-state index in [0.717, 1.165) is 29.0 Å². The van der Waals surface area contributed by atoms with Crippen molar-refractivity contribution in [2.45, 2.75) is 13.3 Å². The van der Waals surface area contributed by atoms with Crippen LogP contribution in [0.5, 0.6) is 0 Å². The van der Waals surface area contributed by atoms with Crippen molar-refractivity contribution in [3.8, 4) is 0 Å². The highest BCUT2D eigenvalue weighted by atomic mass is 32.2. The number of imidazole rings is 1. The fourth-order valence-electron chi connectivity index (χ4n) is 2.81. The van der Waals surface area contributed by atoms with Gasteiger partial charge in [0.2, 0.25) is 0 Å². The molecule has 6 heteroatoms. The zero-order chi connectivity index (χ0) is 18.1. The second-order valence-corrected chi connectivity index (χ2v) is 7.05. The van der Waals surface area contributed by atoms with Crippen LogP contribution in [-0.4, -0.2) is 20.6 Å². The number of nitrogens with one attached hydrogen (secondary N) is 1. The standard InChI is InChI=1S/C20H18N4OS/c1-3-13-8-10-14(11-9-13)21-20-23-19(25)17(26-20)12-18-22-15-6-4-5-7-16(15)24(18)2/h4-12H,3H2,1-2H3,(H,21,23,25). The van der Waals surface area contributed by atoms with Crippen LogP contribution in [0.25, 0.3) is 17.1 Å². The van der Waals surface area contributed by atoms with Crippen molar-refractivity contribution in [2.75, 3.05) is 0 Å². The number of benzene rings is 2. The van der Waals surface area contributed by atoms with Gasteiger partial charge in [0, 0.05) is 13.1 Å². The Morgan fingerprint density at radius 1 is 1.19 bits per heavy atom. The Labute approximate surface area is 155 Å². The number of fused-ring (bicyclic) bond motifs is 1. The molecule has 0 atom stereocenters. The lowest BCUT2D eigenvalue weighted by Gasteiger charge is -1.98. The third-order valence-corrected chi connectivity index (χ3v) is 5.22. The van der Waals surface area contributed by atoms with Crippen LogP contribution in [-0.2, 0) is 18.3 Å². The number of amides is 1. The summed E-state index contributed by atoms with van der Waals surface area (Å²) >= 11 is 1.33. The number of rotatable bonds is 3. The summed E-state index contributed by atoms with van der Waals surface area (Å²) in [6.45, 7) is 2.12. The van der Waals surface area contributed by atoms with Crippen LogP contribution in [0.1, 0.15) is 18.3 Å². The fraction of sp³-hybridized carbons (Fsp3) is 0.150. The average Bonchev–Trinajstić information content (AvgIpc) is 3.16. The van der Waals surface area contributed by atoms with Gasteiger partial charge in [-0.3, -0.25) is 4.79 Å². The van der Waals surface area contributed by atoms with E-state index in [9.17, 15) is 4.79 Å². The normalized spacial score (nSPS) is 17.4. The Bertz CT molecular complexity index is 1050. The maximum absolute atomic E-state index is 12.3. The second kappa shape index (κ2) is 6.80. The van der Waals surface area contributed by atoms with Gasteiger partial charge in [-0.1, -0.05) is 31.2 Å². The number of hydrogen-bond donors (Lipinski definition) is 1. The van der Waals surface area contributed by atoms with E-state index < -0.39 is 0 Å². The van der Waals surface area contributed by atoms with Gasteiger partial charge < -0.3 is 9.88 Å². The van der Waals surface area contributed by atoms with E-state index in [-0.39, 0.29) is 5.91 Å². The Morgan fingerprint density at radius 2 is 1.96 bits per heavy atom. The number of carbonyl (C=O) groups excluding carboxylic acids is 1. The van der Waals surface area contributed by atoms with Gasteiger partial charge in [0.15, 0.2) is 5.17 Å². The first-order valence-corrected chi connectivity index (χ1v) is 9.25. The molecular formula is C20H18N4OS. The lowest BCUT2D eigenvalue weighted by molar-refractivity contribution is -0.115. The number of amidine groups is 1. The molecule has 2 aromatic carbocycles. The SMILES string of the molecule is CCc1ccc(N=C2NC(=O)C(=Cc3nc4ccccc4n3C)S2)cc1. The van der Waals surface area contributed by atoms with Crippen molar-refractivity contribution in [1.29, 1.82) is 0 Å². The number of thioether (sulfide) groups is 1. The lowest BCUT2D eigenvalue weighted by Crippen LogP contribution is -2.19. The summed E-state index contributed by atoms with van der Waals surface area (Å²) in [7, 11) is 1.95. The van der Waals surface area contributed by atoms with Crippen molar-refractivity contribution in [2.24, 2.45) is 12.0 Å². The number of hydrogen-bond acceptors (Lipinski definition) is 4. The van der Waals surface area contributed by atoms with Gasteiger partial charge in [-0.2, -0.15) is 0 Å². The van der Waals surface area contributed by atoms with Crippen LogP contribution < -0.4 is 5.32 Å². The molecule has 1 amide bonds. The summed E-state index contributed by atoms with van der Waals surface area (Å²) in [6.07, 6.45) is 2.80. The predicted octanol–water partition coefficient (Wildman–Crippen LogP) is 4.03. The first kappa shape index (κ1) is 16.6. The molecule has 0 unspecified atom stereocenters. The maximum Gasteiger partial charge on any atom is 0.264 e. The van der Waals surface area contributed by atoms with E-state index in [1.807, 2.05) is 54.1 Å². The molecule has 26 heavy (non-hydrogen) atoms. The molecule has 2 heterocycles. The number of aliphatic imine (C=N–C) groups is 1. The van der Waals surface area contributed by atoms with E-state index in [0.29, 0.717) is 10.1 Å². The largest absolute Gasteiger partial charge is 0.328 e. The number of para-hydroxylation sites is 2. The van der Waals surface area contributed by atoms with E-state index in [1.165, 1.54) is 17.3 Å². The first-order chi connectivity index (χ1) is 12.6. The van der Waals surface area contributed by atoms with Crippen LogP contribution in [0.4, 0.5) is 5.69 Å². The molecule has 1 fully saturated rings. The van der Waals surface area contributed by atoms with Gasteiger partial charge >= 0.3 is 0 Å². The van der Waals surface area contributed by atoms with Crippen LogP contribution in [0, 0.1) is 0 Å². The highest BCUT2D eigenvalue weighted by Crippen LogP contribution is 2.28. The van der Waals surface area contributed by atoms with Crippen molar-refractivity contribution in [3.63, 3.8) is 0 Å². The Hall–Kier alpha value is -2.86. The minimum Gasteiger partial charge on any atom is -0.328 e. The molecule has 0 spiro atoms. The van der Waals surface area contributed by atoms with Gasteiger partial charge in [0.25, 0.3) is 5.91 Å². The molecule has 0 bridgehead atoms. The molecule has 3 aromatic rings. The monoisotopic (exact) mass is 362 g/mol. The first-order valence-electron chi connectivity index (χ1n) is 8.44. The van der Waals surface area contributed by atoms with E-state index in [2.05, 4.69) is 34.3 Å². The van der Waals surface area contributed by atoms with E-state index in [1.54, 1.807) is 0 Å². The molecular weight excluding hydrogens is 344 g/mol. The molecule has 130 valence electrons. The van der Waals surface area contributed by atoms with Crippen LogP contribution in [0.3, 0.4) is 0 Å². The fourth-order valence-corrected chi connectivity index (χ4v) is 3.63. The van der Waals surface area contributed by atoms with Crippen molar-refractivity contribution >= 4 is 45.6 Å². The minimum atomic E-state index is -0.147. The Morgan fingerprint density at radius 3 is 2.69 bits per heavy atom. The molecule has 1 aromatic heterocycles. The van der Waals surface area contributed by atoms with Crippen molar-refractivity contribution < 1.29 is 4.79 Å². The third-order valence-electron chi connectivity index (χ3n) is 4.31. The summed E-state index contributed by atoms with van der Waals surface area (Å²) in [5, 5.41) is 3.41. The molecule has 1 saturated heterocycles. The third kappa shape index (κ3) is 3.15. The molecule has 1 N–H and O–H groups in total. The summed E-state index contributed by atoms with van der Waals surface area (Å²) in [6, 6.07) is 15.9. The maximum atomic E-state index is 12.3. The van der Waals surface area contributed by atoms with Crippen molar-refractivity contribution in [3.05, 3.63) is 64.8 Å². The predicted molar refractivity (Wildman–Crippen MR) is 107 cm³/mol. The lowest BCUT2D eigenvalue weighted by atomic mass is 10.2. The van der Waals surface area contributed by atoms with Gasteiger partial charge in [-0.15, -0.1) is 0 Å². The molecule has 4 rings (SSSR count). The van der Waals surface area contributed by atoms with Crippen molar-refractivity contribution in [1.82, 2.24) is 14.9 Å². The molecule has 0 radical (unpaired) electrons. The van der Waals surface area contributed by atoms with Crippen LogP contribution in [0.15, 0.2) is 58.4 Å². The summed E-state index contributed by atoms with van der Waals surface area (Å²) in [4.78, 5) is 22.0. The van der Waals surface area contributed by atoms with Gasteiger partial charge in [-0.25, -0.2) is 9.98 Å². The zero-order valence-corrected chi connectivity index (χ0v) is 15.4. The quantitative estimate of drug-likeness (QED) is 0.716. The zero-order valence-electron chi connectivity index (χ0n) is 14.6. The molecule has 1 aliphatic rings. The second-order valence-electron chi connectivity index (χ2n) is 6.02.